The van der Waals surface area contributed by atoms with Gasteiger partial charge < -0.3 is 19.2 Å². The van der Waals surface area contributed by atoms with Crippen molar-refractivity contribution in [3.63, 3.8) is 0 Å². The Morgan fingerprint density at radius 2 is 1.78 bits per heavy atom. The largest absolute Gasteiger partial charge is 0.465 e. The maximum atomic E-state index is 11.7. The van der Waals surface area contributed by atoms with Gasteiger partial charge in [-0.15, -0.1) is 0 Å². The Hall–Kier alpha value is -1.86. The molecule has 1 aliphatic rings. The van der Waals surface area contributed by atoms with E-state index in [1.54, 1.807) is 12.1 Å². The van der Waals surface area contributed by atoms with Crippen LogP contribution >= 0.6 is 0 Å². The molecule has 27 heavy (non-hydrogen) atoms. The van der Waals surface area contributed by atoms with Crippen LogP contribution in [0.15, 0.2) is 24.3 Å². The average Bonchev–Trinajstić information content (AvgIpc) is 2.59. The number of rotatable bonds is 4. The molecule has 1 aromatic carbocycles. The van der Waals surface area contributed by atoms with E-state index >= 15 is 0 Å². The maximum absolute atomic E-state index is 11.7. The number of benzene rings is 1. The quantitative estimate of drug-likeness (QED) is 0.594. The number of ether oxygens (including phenoxy) is 1. The molecule has 0 bridgehead atoms. The summed E-state index contributed by atoms with van der Waals surface area (Å²) in [5.41, 5.74) is 1.32. The summed E-state index contributed by atoms with van der Waals surface area (Å²) < 4.78 is 11.3. The first-order valence-corrected chi connectivity index (χ1v) is 12.2. The first-order chi connectivity index (χ1) is 12.5. The number of likely N-dealkylation sites (tertiary alicyclic amines) is 1. The van der Waals surface area contributed by atoms with Gasteiger partial charge in [-0.25, -0.2) is 9.59 Å². The number of hydrogen-bond acceptors (Lipinski definition) is 4. The SMILES string of the molecule is COC(=O)c1ccc([C@@H]2C[C@@H](O[Si](C)(C)C(C)(C)C)CCN2C(=O)O)cc1. The standard InChI is InChI=1S/C20H31NO5Si/c1-20(2,3)27(5,6)26-16-11-12-21(19(23)24)17(13-16)14-7-9-15(10-8-14)18(22)25-4/h7-10,16-17H,11-13H2,1-6H3,(H,23,24)/t16-,17-/m0/s1. The highest BCUT2D eigenvalue weighted by Gasteiger charge is 2.42. The number of hydrogen-bond donors (Lipinski definition) is 1. The Morgan fingerprint density at radius 1 is 1.19 bits per heavy atom. The van der Waals surface area contributed by atoms with Crippen LogP contribution in [0.5, 0.6) is 0 Å². The lowest BCUT2D eigenvalue weighted by Gasteiger charge is -2.44. The van der Waals surface area contributed by atoms with E-state index in [0.29, 0.717) is 24.9 Å². The highest BCUT2D eigenvalue weighted by molar-refractivity contribution is 6.74. The Kier molecular flexibility index (Phi) is 6.37. The van der Waals surface area contributed by atoms with Crippen LogP contribution in [0.4, 0.5) is 4.79 Å². The van der Waals surface area contributed by atoms with Crippen LogP contribution < -0.4 is 0 Å². The molecule has 1 heterocycles. The first-order valence-electron chi connectivity index (χ1n) is 9.32. The lowest BCUT2D eigenvalue weighted by atomic mass is 9.93. The number of esters is 1. The molecule has 1 aromatic rings. The van der Waals surface area contributed by atoms with Gasteiger partial charge in [0.05, 0.1) is 18.7 Å². The second-order valence-corrected chi connectivity index (χ2v) is 13.4. The summed E-state index contributed by atoms with van der Waals surface area (Å²) in [5, 5.41) is 9.72. The van der Waals surface area contributed by atoms with Gasteiger partial charge in [-0.2, -0.15) is 0 Å². The van der Waals surface area contributed by atoms with Crippen molar-refractivity contribution in [2.45, 2.75) is 63.9 Å². The van der Waals surface area contributed by atoms with Crippen LogP contribution in [0.2, 0.25) is 18.1 Å². The van der Waals surface area contributed by atoms with Gasteiger partial charge in [-0.1, -0.05) is 32.9 Å². The van der Waals surface area contributed by atoms with Crippen molar-refractivity contribution in [2.75, 3.05) is 13.7 Å². The second kappa shape index (κ2) is 8.02. The van der Waals surface area contributed by atoms with Gasteiger partial charge in [-0.05, 0) is 48.7 Å². The number of amides is 1. The first kappa shape index (κ1) is 21.4. The van der Waals surface area contributed by atoms with Crippen LogP contribution in [-0.4, -0.2) is 50.1 Å². The van der Waals surface area contributed by atoms with Crippen molar-refractivity contribution in [2.24, 2.45) is 0 Å². The molecule has 0 spiro atoms. The number of carboxylic acid groups (broad SMARTS) is 1. The molecule has 150 valence electrons. The minimum absolute atomic E-state index is 0.0341. The van der Waals surface area contributed by atoms with Gasteiger partial charge in [0.1, 0.15) is 0 Å². The summed E-state index contributed by atoms with van der Waals surface area (Å²) in [5.74, 6) is -0.403. The molecule has 1 fully saturated rings. The normalized spacial score (nSPS) is 21.0. The lowest BCUT2D eigenvalue weighted by Crippen LogP contribution is -2.49. The van der Waals surface area contributed by atoms with Crippen LogP contribution in [0.1, 0.15) is 55.6 Å². The number of carbonyl (C=O) groups excluding carboxylic acids is 1. The van der Waals surface area contributed by atoms with Crippen LogP contribution in [0.3, 0.4) is 0 Å². The summed E-state index contributed by atoms with van der Waals surface area (Å²) in [4.78, 5) is 24.8. The molecule has 0 unspecified atom stereocenters. The Bertz CT molecular complexity index is 681. The number of methoxy groups -OCH3 is 1. The minimum Gasteiger partial charge on any atom is -0.465 e. The van der Waals surface area contributed by atoms with E-state index in [1.807, 2.05) is 12.1 Å². The number of piperidine rings is 1. The molecule has 1 saturated heterocycles. The molecule has 2 rings (SSSR count). The van der Waals surface area contributed by atoms with Gasteiger partial charge in [0.25, 0.3) is 0 Å². The smallest absolute Gasteiger partial charge is 0.407 e. The van der Waals surface area contributed by atoms with Crippen molar-refractivity contribution >= 4 is 20.4 Å². The molecular weight excluding hydrogens is 362 g/mol. The van der Waals surface area contributed by atoms with Gasteiger partial charge in [-0.3, -0.25) is 0 Å². The molecule has 0 aromatic heterocycles. The predicted molar refractivity (Wildman–Crippen MR) is 107 cm³/mol. The Morgan fingerprint density at radius 3 is 2.26 bits per heavy atom. The van der Waals surface area contributed by atoms with E-state index < -0.39 is 20.4 Å². The Balaban J connectivity index is 2.22. The van der Waals surface area contributed by atoms with Crippen LogP contribution in [-0.2, 0) is 9.16 Å². The highest BCUT2D eigenvalue weighted by Crippen LogP contribution is 2.40. The van der Waals surface area contributed by atoms with Crippen LogP contribution in [0.25, 0.3) is 0 Å². The van der Waals surface area contributed by atoms with E-state index in [9.17, 15) is 14.7 Å². The van der Waals surface area contributed by atoms with E-state index in [2.05, 4.69) is 33.9 Å². The van der Waals surface area contributed by atoms with Gasteiger partial charge >= 0.3 is 12.1 Å². The summed E-state index contributed by atoms with van der Waals surface area (Å²) in [6.07, 6.45) is 0.431. The fraction of sp³-hybridized carbons (Fsp3) is 0.600. The molecule has 0 aliphatic carbocycles. The van der Waals surface area contributed by atoms with Gasteiger partial charge in [0, 0.05) is 12.6 Å². The zero-order valence-electron chi connectivity index (χ0n) is 17.1. The molecular formula is C20H31NO5Si. The molecule has 7 heteroatoms. The zero-order chi connectivity index (χ0) is 20.4. The average molecular weight is 394 g/mol. The van der Waals surface area contributed by atoms with Gasteiger partial charge in [0.2, 0.25) is 0 Å². The summed E-state index contributed by atoms with van der Waals surface area (Å²) in [7, 11) is -0.588. The molecule has 0 radical (unpaired) electrons. The van der Waals surface area contributed by atoms with E-state index in [1.165, 1.54) is 12.0 Å². The highest BCUT2D eigenvalue weighted by atomic mass is 28.4. The number of carbonyl (C=O) groups is 2. The van der Waals surface area contributed by atoms with Crippen LogP contribution in [0, 0.1) is 0 Å². The molecule has 1 N–H and O–H groups in total. The fourth-order valence-corrected chi connectivity index (χ4v) is 4.54. The van der Waals surface area contributed by atoms with E-state index in [-0.39, 0.29) is 17.2 Å². The lowest BCUT2D eigenvalue weighted by molar-refractivity contribution is 0.0475. The van der Waals surface area contributed by atoms with Crippen molar-refractivity contribution in [3.05, 3.63) is 35.4 Å². The summed E-state index contributed by atoms with van der Waals surface area (Å²) >= 11 is 0. The zero-order valence-corrected chi connectivity index (χ0v) is 18.1. The molecule has 2 atom stereocenters. The van der Waals surface area contributed by atoms with Crippen molar-refractivity contribution < 1.29 is 23.9 Å². The molecule has 6 nitrogen and oxygen atoms in total. The third-order valence-electron chi connectivity index (χ3n) is 5.78. The van der Waals surface area contributed by atoms with Crippen molar-refractivity contribution in [1.29, 1.82) is 0 Å². The Labute approximate surface area is 162 Å². The number of nitrogens with zero attached hydrogens (tertiary/aromatic N) is 1. The maximum Gasteiger partial charge on any atom is 0.407 e. The van der Waals surface area contributed by atoms with Crippen molar-refractivity contribution in [1.82, 2.24) is 4.90 Å². The minimum atomic E-state index is -1.93. The third kappa shape index (κ3) is 4.90. The summed E-state index contributed by atoms with van der Waals surface area (Å²) in [6.45, 7) is 11.5. The third-order valence-corrected chi connectivity index (χ3v) is 10.3. The molecule has 1 amide bonds. The van der Waals surface area contributed by atoms with E-state index in [4.69, 9.17) is 9.16 Å². The van der Waals surface area contributed by atoms with Crippen molar-refractivity contribution in [3.8, 4) is 0 Å². The molecule has 1 aliphatic heterocycles. The fourth-order valence-electron chi connectivity index (χ4n) is 3.14. The summed E-state index contributed by atoms with van der Waals surface area (Å²) in [6, 6.07) is 6.69. The predicted octanol–water partition coefficient (Wildman–Crippen LogP) is 4.68. The second-order valence-electron chi connectivity index (χ2n) is 8.63. The monoisotopic (exact) mass is 393 g/mol. The molecule has 0 saturated carbocycles. The topological polar surface area (TPSA) is 76.1 Å². The van der Waals surface area contributed by atoms with Gasteiger partial charge in [0.15, 0.2) is 8.32 Å². The van der Waals surface area contributed by atoms with E-state index in [0.717, 1.165) is 5.56 Å².